The molecule has 2 aliphatic rings. The molecule has 1 aromatic heterocycles. The molecule has 2 aliphatic heterocycles. The SMILES string of the molecule is NC1CCN(c2ncc3c(n2)CCSC3)CC1. The van der Waals surface area contributed by atoms with Crippen molar-refractivity contribution in [3.63, 3.8) is 0 Å². The van der Waals surface area contributed by atoms with Crippen LogP contribution in [0.25, 0.3) is 0 Å². The van der Waals surface area contributed by atoms with Gasteiger partial charge in [0.1, 0.15) is 0 Å². The van der Waals surface area contributed by atoms with Gasteiger partial charge in [-0.25, -0.2) is 9.97 Å². The van der Waals surface area contributed by atoms with Crippen molar-refractivity contribution >= 4 is 17.7 Å². The third-order valence-electron chi connectivity index (χ3n) is 3.50. The molecule has 1 aromatic rings. The standard InChI is InChI=1S/C12H18N4S/c13-10-1-4-16(5-2-10)12-14-7-9-8-17-6-3-11(9)15-12/h7,10H,1-6,8,13H2. The van der Waals surface area contributed by atoms with Gasteiger partial charge in [0.25, 0.3) is 0 Å². The Labute approximate surface area is 106 Å². The highest BCUT2D eigenvalue weighted by Crippen LogP contribution is 2.24. The Bertz CT molecular complexity index is 401. The fourth-order valence-corrected chi connectivity index (χ4v) is 3.31. The Kier molecular flexibility index (Phi) is 3.20. The van der Waals surface area contributed by atoms with Crippen LogP contribution in [0, 0.1) is 0 Å². The minimum Gasteiger partial charge on any atom is -0.341 e. The number of piperidine rings is 1. The number of hydrogen-bond donors (Lipinski definition) is 1. The molecule has 0 radical (unpaired) electrons. The highest BCUT2D eigenvalue weighted by molar-refractivity contribution is 7.98. The topological polar surface area (TPSA) is 55.0 Å². The van der Waals surface area contributed by atoms with Crippen molar-refractivity contribution in [1.29, 1.82) is 0 Å². The van der Waals surface area contributed by atoms with E-state index in [0.717, 1.165) is 44.1 Å². The monoisotopic (exact) mass is 250 g/mol. The number of hydrogen-bond acceptors (Lipinski definition) is 5. The lowest BCUT2D eigenvalue weighted by Gasteiger charge is -2.30. The van der Waals surface area contributed by atoms with E-state index in [9.17, 15) is 0 Å². The minimum atomic E-state index is 0.361. The Morgan fingerprint density at radius 3 is 3.00 bits per heavy atom. The van der Waals surface area contributed by atoms with Gasteiger partial charge >= 0.3 is 0 Å². The summed E-state index contributed by atoms with van der Waals surface area (Å²) in [5, 5.41) is 0. The second kappa shape index (κ2) is 4.82. The molecule has 3 rings (SSSR count). The summed E-state index contributed by atoms with van der Waals surface area (Å²) in [7, 11) is 0. The molecule has 0 amide bonds. The normalized spacial score (nSPS) is 21.4. The number of fused-ring (bicyclic) bond motifs is 1. The van der Waals surface area contributed by atoms with Gasteiger partial charge in [-0.15, -0.1) is 0 Å². The Hall–Kier alpha value is -0.810. The molecule has 17 heavy (non-hydrogen) atoms. The molecule has 1 fully saturated rings. The second-order valence-corrected chi connectivity index (χ2v) is 5.87. The van der Waals surface area contributed by atoms with Crippen molar-refractivity contribution in [2.24, 2.45) is 5.73 Å². The van der Waals surface area contributed by atoms with Gasteiger partial charge in [0.2, 0.25) is 5.95 Å². The number of aromatic nitrogens is 2. The van der Waals surface area contributed by atoms with Crippen molar-refractivity contribution < 1.29 is 0 Å². The number of nitrogens with two attached hydrogens (primary N) is 1. The fourth-order valence-electron chi connectivity index (χ4n) is 2.37. The molecule has 5 heteroatoms. The molecule has 2 N–H and O–H groups in total. The molecule has 0 saturated carbocycles. The van der Waals surface area contributed by atoms with Crippen LogP contribution in [0.3, 0.4) is 0 Å². The Balaban J connectivity index is 1.79. The lowest BCUT2D eigenvalue weighted by Crippen LogP contribution is -2.40. The van der Waals surface area contributed by atoms with Crippen LogP contribution < -0.4 is 10.6 Å². The number of nitrogens with zero attached hydrogens (tertiary/aromatic N) is 3. The van der Waals surface area contributed by atoms with Gasteiger partial charge in [0.15, 0.2) is 0 Å². The first kappa shape index (κ1) is 11.3. The lowest BCUT2D eigenvalue weighted by molar-refractivity contribution is 0.495. The first-order valence-electron chi connectivity index (χ1n) is 6.26. The van der Waals surface area contributed by atoms with Gasteiger partial charge in [-0.05, 0) is 25.0 Å². The Morgan fingerprint density at radius 2 is 2.18 bits per heavy atom. The van der Waals surface area contributed by atoms with Gasteiger partial charge in [0, 0.05) is 36.6 Å². The zero-order valence-corrected chi connectivity index (χ0v) is 10.7. The summed E-state index contributed by atoms with van der Waals surface area (Å²) in [6, 6.07) is 0.361. The fraction of sp³-hybridized carbons (Fsp3) is 0.667. The Morgan fingerprint density at radius 1 is 1.35 bits per heavy atom. The second-order valence-electron chi connectivity index (χ2n) is 4.77. The zero-order chi connectivity index (χ0) is 11.7. The number of rotatable bonds is 1. The minimum absolute atomic E-state index is 0.361. The summed E-state index contributed by atoms with van der Waals surface area (Å²) in [6.07, 6.45) is 5.20. The molecule has 1 saturated heterocycles. The summed E-state index contributed by atoms with van der Waals surface area (Å²) >= 11 is 1.97. The maximum atomic E-state index is 5.92. The highest BCUT2D eigenvalue weighted by Gasteiger charge is 2.20. The zero-order valence-electron chi connectivity index (χ0n) is 9.93. The molecule has 3 heterocycles. The van der Waals surface area contributed by atoms with Crippen LogP contribution in [-0.2, 0) is 12.2 Å². The quantitative estimate of drug-likeness (QED) is 0.811. The van der Waals surface area contributed by atoms with Crippen molar-refractivity contribution in [2.45, 2.75) is 31.1 Å². The number of thioether (sulfide) groups is 1. The van der Waals surface area contributed by atoms with Gasteiger partial charge in [-0.2, -0.15) is 11.8 Å². The molecular weight excluding hydrogens is 232 g/mol. The van der Waals surface area contributed by atoms with E-state index in [2.05, 4.69) is 9.88 Å². The molecule has 4 nitrogen and oxygen atoms in total. The van der Waals surface area contributed by atoms with Crippen LogP contribution >= 0.6 is 11.8 Å². The van der Waals surface area contributed by atoms with Crippen LogP contribution in [0.4, 0.5) is 5.95 Å². The summed E-state index contributed by atoms with van der Waals surface area (Å²) in [5.74, 6) is 3.16. The van der Waals surface area contributed by atoms with E-state index in [4.69, 9.17) is 10.7 Å². The first-order valence-corrected chi connectivity index (χ1v) is 7.41. The molecular formula is C12H18N4S. The van der Waals surface area contributed by atoms with Crippen LogP contribution in [0.5, 0.6) is 0 Å². The summed E-state index contributed by atoms with van der Waals surface area (Å²) in [6.45, 7) is 1.99. The van der Waals surface area contributed by atoms with Crippen molar-refractivity contribution in [1.82, 2.24) is 9.97 Å². The van der Waals surface area contributed by atoms with Crippen LogP contribution in [0.1, 0.15) is 24.1 Å². The predicted molar refractivity (Wildman–Crippen MR) is 71.3 cm³/mol. The van der Waals surface area contributed by atoms with Crippen LogP contribution in [-0.4, -0.2) is 34.9 Å². The molecule has 0 unspecified atom stereocenters. The smallest absolute Gasteiger partial charge is 0.225 e. The third kappa shape index (κ3) is 2.40. The van der Waals surface area contributed by atoms with Crippen molar-refractivity contribution in [2.75, 3.05) is 23.7 Å². The van der Waals surface area contributed by atoms with Crippen molar-refractivity contribution in [3.8, 4) is 0 Å². The summed E-state index contributed by atoms with van der Waals surface area (Å²) in [4.78, 5) is 11.5. The maximum absolute atomic E-state index is 5.92. The predicted octanol–water partition coefficient (Wildman–Crippen LogP) is 1.19. The first-order chi connectivity index (χ1) is 8.33. The summed E-state index contributed by atoms with van der Waals surface area (Å²) < 4.78 is 0. The summed E-state index contributed by atoms with van der Waals surface area (Å²) in [5.41, 5.74) is 8.49. The van der Waals surface area contributed by atoms with Crippen LogP contribution in [0.15, 0.2) is 6.20 Å². The number of anilines is 1. The molecule has 0 aromatic carbocycles. The van der Waals surface area contributed by atoms with E-state index in [1.807, 2.05) is 18.0 Å². The van der Waals surface area contributed by atoms with Crippen molar-refractivity contribution in [3.05, 3.63) is 17.5 Å². The average molecular weight is 250 g/mol. The highest BCUT2D eigenvalue weighted by atomic mass is 32.2. The lowest BCUT2D eigenvalue weighted by atomic mass is 10.1. The van der Waals surface area contributed by atoms with E-state index in [0.29, 0.717) is 6.04 Å². The molecule has 92 valence electrons. The molecule has 0 bridgehead atoms. The molecule has 0 spiro atoms. The van der Waals surface area contributed by atoms with E-state index in [-0.39, 0.29) is 0 Å². The maximum Gasteiger partial charge on any atom is 0.225 e. The van der Waals surface area contributed by atoms with Gasteiger partial charge < -0.3 is 10.6 Å². The van der Waals surface area contributed by atoms with Crippen LogP contribution in [0.2, 0.25) is 0 Å². The van der Waals surface area contributed by atoms with Gasteiger partial charge in [-0.1, -0.05) is 0 Å². The van der Waals surface area contributed by atoms with Gasteiger partial charge in [0.05, 0.1) is 5.69 Å². The molecule has 0 atom stereocenters. The van der Waals surface area contributed by atoms with E-state index < -0.39 is 0 Å². The number of aryl methyl sites for hydroxylation is 1. The van der Waals surface area contributed by atoms with E-state index in [1.54, 1.807) is 0 Å². The third-order valence-corrected chi connectivity index (χ3v) is 4.51. The van der Waals surface area contributed by atoms with E-state index in [1.165, 1.54) is 17.0 Å². The average Bonchev–Trinajstić information content (AvgIpc) is 2.39. The largest absolute Gasteiger partial charge is 0.341 e. The van der Waals surface area contributed by atoms with Gasteiger partial charge in [-0.3, -0.25) is 0 Å². The van der Waals surface area contributed by atoms with E-state index >= 15 is 0 Å². The molecule has 0 aliphatic carbocycles.